The molecule has 0 saturated carbocycles. The highest BCUT2D eigenvalue weighted by Gasteiger charge is 2.33. The van der Waals surface area contributed by atoms with E-state index in [-0.39, 0.29) is 39.6 Å². The van der Waals surface area contributed by atoms with Crippen molar-refractivity contribution in [3.8, 4) is 0 Å². The lowest BCUT2D eigenvalue weighted by Gasteiger charge is -2.34. The predicted octanol–water partition coefficient (Wildman–Crippen LogP) is 1.99. The molecule has 0 radical (unpaired) electrons. The second kappa shape index (κ2) is 10.4. The second-order valence-electron chi connectivity index (χ2n) is 8.19. The van der Waals surface area contributed by atoms with Crippen LogP contribution in [0.2, 0.25) is 0 Å². The predicted molar refractivity (Wildman–Crippen MR) is 120 cm³/mol. The van der Waals surface area contributed by atoms with Gasteiger partial charge in [-0.2, -0.15) is 0 Å². The van der Waals surface area contributed by atoms with E-state index in [2.05, 4.69) is 0 Å². The number of aliphatic hydroxyl groups excluding tert-OH is 6. The van der Waals surface area contributed by atoms with Gasteiger partial charge in [0.1, 0.15) is 0 Å². The van der Waals surface area contributed by atoms with Crippen LogP contribution in [0.4, 0.5) is 0 Å². The molecule has 32 heavy (non-hydrogen) atoms. The fourth-order valence-corrected chi connectivity index (χ4v) is 4.20. The summed E-state index contributed by atoms with van der Waals surface area (Å²) in [6.45, 7) is 0.770. The fourth-order valence-electron chi connectivity index (χ4n) is 4.20. The minimum atomic E-state index is -0.848. The molecule has 6 heteroatoms. The van der Waals surface area contributed by atoms with E-state index in [4.69, 9.17) is 0 Å². The summed E-state index contributed by atoms with van der Waals surface area (Å²) in [5, 5.41) is 58.8. The van der Waals surface area contributed by atoms with Crippen LogP contribution in [0.25, 0.3) is 0 Å². The summed E-state index contributed by atoms with van der Waals surface area (Å²) in [6.07, 6.45) is 0. The third kappa shape index (κ3) is 4.76. The zero-order valence-electron chi connectivity index (χ0n) is 18.1. The van der Waals surface area contributed by atoms with Gasteiger partial charge in [0.2, 0.25) is 0 Å². The molecule has 0 aromatic heterocycles. The first-order valence-electron chi connectivity index (χ1n) is 10.5. The Morgan fingerprint density at radius 1 is 0.406 bits per heavy atom. The van der Waals surface area contributed by atoms with E-state index in [0.29, 0.717) is 33.4 Å². The highest BCUT2D eigenvalue weighted by molar-refractivity contribution is 5.54. The molecular weight excluding hydrogens is 408 g/mol. The molecule has 0 aliphatic heterocycles. The second-order valence-corrected chi connectivity index (χ2v) is 8.19. The maximum atomic E-state index is 9.80. The van der Waals surface area contributed by atoms with Gasteiger partial charge < -0.3 is 30.6 Å². The van der Waals surface area contributed by atoms with Crippen LogP contribution in [0, 0.1) is 0 Å². The van der Waals surface area contributed by atoms with E-state index < -0.39 is 5.41 Å². The number of aliphatic hydroxyl groups is 6. The van der Waals surface area contributed by atoms with Crippen molar-refractivity contribution in [2.45, 2.75) is 52.0 Å². The van der Waals surface area contributed by atoms with E-state index in [9.17, 15) is 30.6 Å². The van der Waals surface area contributed by atoms with Gasteiger partial charge in [0, 0.05) is 5.41 Å². The Morgan fingerprint density at radius 3 is 0.750 bits per heavy atom. The van der Waals surface area contributed by atoms with Crippen molar-refractivity contribution in [1.82, 2.24) is 0 Å². The van der Waals surface area contributed by atoms with E-state index in [1.54, 1.807) is 18.2 Å². The Balaban J connectivity index is 2.40. The summed E-state index contributed by atoms with van der Waals surface area (Å²) in [5.41, 5.74) is 5.33. The van der Waals surface area contributed by atoms with Crippen LogP contribution in [0.5, 0.6) is 0 Å². The molecule has 0 saturated heterocycles. The minimum Gasteiger partial charge on any atom is -0.392 e. The third-order valence-corrected chi connectivity index (χ3v) is 5.99. The summed E-state index contributed by atoms with van der Waals surface area (Å²) >= 11 is 0. The normalized spacial score (nSPS) is 11.7. The molecule has 0 aliphatic rings. The summed E-state index contributed by atoms with van der Waals surface area (Å²) in [6, 6.07) is 16.3. The average molecular weight is 439 g/mol. The summed E-state index contributed by atoms with van der Waals surface area (Å²) < 4.78 is 0. The van der Waals surface area contributed by atoms with Crippen LogP contribution in [0.3, 0.4) is 0 Å². The van der Waals surface area contributed by atoms with Gasteiger partial charge >= 0.3 is 0 Å². The zero-order valence-corrected chi connectivity index (χ0v) is 18.1. The molecule has 0 bridgehead atoms. The molecule has 3 rings (SSSR count). The Hall–Kier alpha value is -2.58. The number of benzene rings is 3. The summed E-state index contributed by atoms with van der Waals surface area (Å²) in [7, 11) is 0. The highest BCUT2D eigenvalue weighted by atomic mass is 16.3. The van der Waals surface area contributed by atoms with Gasteiger partial charge in [0.05, 0.1) is 39.6 Å². The lowest BCUT2D eigenvalue weighted by Crippen LogP contribution is -2.27. The fraction of sp³-hybridized carbons (Fsp3) is 0.308. The number of hydrogen-bond donors (Lipinski definition) is 6. The zero-order chi connectivity index (χ0) is 23.3. The average Bonchev–Trinajstić information content (AvgIpc) is 2.86. The van der Waals surface area contributed by atoms with Gasteiger partial charge in [0.15, 0.2) is 0 Å². The molecular formula is C26H30O6. The van der Waals surface area contributed by atoms with Gasteiger partial charge in [0.25, 0.3) is 0 Å². The molecule has 0 amide bonds. The van der Waals surface area contributed by atoms with Crippen LogP contribution >= 0.6 is 0 Å². The molecule has 0 heterocycles. The van der Waals surface area contributed by atoms with Crippen molar-refractivity contribution in [3.05, 3.63) is 105 Å². The number of hydrogen-bond acceptors (Lipinski definition) is 6. The maximum absolute atomic E-state index is 9.80. The minimum absolute atomic E-state index is 0.200. The first kappa shape index (κ1) is 24.1. The van der Waals surface area contributed by atoms with Crippen molar-refractivity contribution >= 4 is 0 Å². The van der Waals surface area contributed by atoms with Crippen LogP contribution in [0.1, 0.15) is 57.0 Å². The SMILES string of the molecule is CC(c1cc(CO)cc(CO)c1)(c1cc(CO)cc(CO)c1)c1cc(CO)cc(CO)c1. The standard InChI is InChI=1S/C26H30O6/c1-26(23-5-17(11-27)2-18(6-23)12-28,24-7-19(13-29)3-20(8-24)14-30)25-9-21(15-31)4-22(10-25)16-32/h2-10,27-32H,11-16H2,1H3. The Bertz CT molecular complexity index is 874. The lowest BCUT2D eigenvalue weighted by atomic mass is 9.69. The van der Waals surface area contributed by atoms with Crippen LogP contribution < -0.4 is 0 Å². The molecule has 0 atom stereocenters. The van der Waals surface area contributed by atoms with Crippen molar-refractivity contribution in [1.29, 1.82) is 0 Å². The highest BCUT2D eigenvalue weighted by Crippen LogP contribution is 2.41. The summed E-state index contributed by atoms with van der Waals surface area (Å²) in [4.78, 5) is 0. The van der Waals surface area contributed by atoms with Crippen LogP contribution in [0.15, 0.2) is 54.6 Å². The molecule has 0 fully saturated rings. The van der Waals surface area contributed by atoms with Gasteiger partial charge in [-0.1, -0.05) is 54.6 Å². The first-order chi connectivity index (χ1) is 15.4. The molecule has 6 nitrogen and oxygen atoms in total. The smallest absolute Gasteiger partial charge is 0.0682 e. The largest absolute Gasteiger partial charge is 0.392 e. The lowest BCUT2D eigenvalue weighted by molar-refractivity contribution is 0.275. The monoisotopic (exact) mass is 438 g/mol. The Labute approximate surface area is 187 Å². The first-order valence-corrected chi connectivity index (χ1v) is 10.5. The van der Waals surface area contributed by atoms with Gasteiger partial charge in [-0.15, -0.1) is 0 Å². The van der Waals surface area contributed by atoms with Gasteiger partial charge in [-0.25, -0.2) is 0 Å². The molecule has 6 N–H and O–H groups in total. The van der Waals surface area contributed by atoms with Gasteiger partial charge in [-0.3, -0.25) is 0 Å². The van der Waals surface area contributed by atoms with Crippen LogP contribution in [-0.4, -0.2) is 30.6 Å². The Morgan fingerprint density at radius 2 is 0.594 bits per heavy atom. The van der Waals surface area contributed by atoms with Crippen molar-refractivity contribution in [3.63, 3.8) is 0 Å². The number of rotatable bonds is 9. The van der Waals surface area contributed by atoms with Gasteiger partial charge in [-0.05, 0) is 57.0 Å². The van der Waals surface area contributed by atoms with E-state index >= 15 is 0 Å². The third-order valence-electron chi connectivity index (χ3n) is 5.99. The van der Waals surface area contributed by atoms with Crippen molar-refractivity contribution < 1.29 is 30.6 Å². The van der Waals surface area contributed by atoms with E-state index in [1.807, 2.05) is 43.3 Å². The summed E-state index contributed by atoms with van der Waals surface area (Å²) in [5.74, 6) is 0. The molecule has 170 valence electrons. The van der Waals surface area contributed by atoms with Crippen molar-refractivity contribution in [2.75, 3.05) is 0 Å². The van der Waals surface area contributed by atoms with Crippen molar-refractivity contribution in [2.24, 2.45) is 0 Å². The van der Waals surface area contributed by atoms with E-state index in [1.165, 1.54) is 0 Å². The molecule has 3 aromatic rings. The van der Waals surface area contributed by atoms with Crippen LogP contribution in [-0.2, 0) is 45.1 Å². The molecule has 0 aliphatic carbocycles. The topological polar surface area (TPSA) is 121 Å². The molecule has 0 unspecified atom stereocenters. The molecule has 0 spiro atoms. The molecule has 3 aromatic carbocycles. The Kier molecular flexibility index (Phi) is 7.79. The van der Waals surface area contributed by atoms with E-state index in [0.717, 1.165) is 16.7 Å². The maximum Gasteiger partial charge on any atom is 0.0682 e. The quantitative estimate of drug-likeness (QED) is 0.284.